The number of rotatable bonds is 3. The quantitative estimate of drug-likeness (QED) is 0.844. The van der Waals surface area contributed by atoms with Gasteiger partial charge in [0.15, 0.2) is 5.82 Å². The van der Waals surface area contributed by atoms with Crippen LogP contribution in [-0.4, -0.2) is 22.1 Å². The van der Waals surface area contributed by atoms with Gasteiger partial charge in [0.25, 0.3) is 0 Å². The Bertz CT molecular complexity index is 357. The van der Waals surface area contributed by atoms with Gasteiger partial charge in [-0.25, -0.2) is 14.4 Å². The molecule has 0 unspecified atom stereocenters. The SMILES string of the molecule is CC1CCC(CN)(Nc2ncc(F)cn2)CC1. The summed E-state index contributed by atoms with van der Waals surface area (Å²) in [4.78, 5) is 7.86. The van der Waals surface area contributed by atoms with E-state index in [9.17, 15) is 4.39 Å². The number of nitrogens with zero attached hydrogens (tertiary/aromatic N) is 2. The van der Waals surface area contributed by atoms with Gasteiger partial charge in [-0.1, -0.05) is 6.92 Å². The van der Waals surface area contributed by atoms with E-state index in [1.807, 2.05) is 0 Å². The Kier molecular flexibility index (Phi) is 3.57. The lowest BCUT2D eigenvalue weighted by atomic mass is 9.77. The van der Waals surface area contributed by atoms with E-state index in [1.54, 1.807) is 0 Å². The molecule has 1 aliphatic rings. The first-order valence-corrected chi connectivity index (χ1v) is 6.09. The highest BCUT2D eigenvalue weighted by Crippen LogP contribution is 2.33. The van der Waals surface area contributed by atoms with Gasteiger partial charge >= 0.3 is 0 Å². The van der Waals surface area contributed by atoms with Gasteiger partial charge in [-0.05, 0) is 31.6 Å². The maximum Gasteiger partial charge on any atom is 0.223 e. The fourth-order valence-electron chi connectivity index (χ4n) is 2.31. The predicted molar refractivity (Wildman–Crippen MR) is 65.0 cm³/mol. The zero-order valence-corrected chi connectivity index (χ0v) is 10.1. The van der Waals surface area contributed by atoms with Gasteiger partial charge in [0.2, 0.25) is 5.95 Å². The molecule has 2 rings (SSSR count). The number of nitrogens with one attached hydrogen (secondary N) is 1. The van der Waals surface area contributed by atoms with Crippen LogP contribution in [0.2, 0.25) is 0 Å². The molecule has 1 fully saturated rings. The van der Waals surface area contributed by atoms with E-state index in [0.717, 1.165) is 31.6 Å². The van der Waals surface area contributed by atoms with Crippen LogP contribution in [0.5, 0.6) is 0 Å². The minimum absolute atomic E-state index is 0.121. The molecule has 1 aromatic rings. The molecule has 1 aromatic heterocycles. The molecule has 1 aliphatic carbocycles. The van der Waals surface area contributed by atoms with Crippen molar-refractivity contribution in [2.24, 2.45) is 11.7 Å². The van der Waals surface area contributed by atoms with Gasteiger partial charge in [-0.15, -0.1) is 0 Å². The molecule has 0 spiro atoms. The molecular weight excluding hydrogens is 219 g/mol. The second kappa shape index (κ2) is 4.96. The van der Waals surface area contributed by atoms with Crippen molar-refractivity contribution in [2.45, 2.75) is 38.1 Å². The van der Waals surface area contributed by atoms with Crippen molar-refractivity contribution in [2.75, 3.05) is 11.9 Å². The van der Waals surface area contributed by atoms with Gasteiger partial charge in [0.05, 0.1) is 17.9 Å². The van der Waals surface area contributed by atoms with Gasteiger partial charge in [-0.3, -0.25) is 0 Å². The fourth-order valence-corrected chi connectivity index (χ4v) is 2.31. The number of hydrogen-bond acceptors (Lipinski definition) is 4. The van der Waals surface area contributed by atoms with E-state index < -0.39 is 5.82 Å². The van der Waals surface area contributed by atoms with Crippen LogP contribution in [0.25, 0.3) is 0 Å². The van der Waals surface area contributed by atoms with Crippen molar-refractivity contribution in [3.05, 3.63) is 18.2 Å². The van der Waals surface area contributed by atoms with Crippen LogP contribution in [0.1, 0.15) is 32.6 Å². The monoisotopic (exact) mass is 238 g/mol. The molecule has 4 nitrogen and oxygen atoms in total. The largest absolute Gasteiger partial charge is 0.348 e. The maximum absolute atomic E-state index is 12.7. The summed E-state index contributed by atoms with van der Waals surface area (Å²) in [6.07, 6.45) is 6.70. The highest BCUT2D eigenvalue weighted by Gasteiger charge is 2.33. The average molecular weight is 238 g/mol. The number of hydrogen-bond donors (Lipinski definition) is 2. The lowest BCUT2D eigenvalue weighted by molar-refractivity contribution is 0.270. The molecule has 0 aliphatic heterocycles. The molecule has 0 radical (unpaired) electrons. The molecule has 5 heteroatoms. The lowest BCUT2D eigenvalue weighted by Gasteiger charge is -2.39. The number of nitrogens with two attached hydrogens (primary N) is 1. The summed E-state index contributed by atoms with van der Waals surface area (Å²) >= 11 is 0. The molecule has 0 bridgehead atoms. The number of halogens is 1. The Balaban J connectivity index is 2.06. The number of anilines is 1. The van der Waals surface area contributed by atoms with Crippen LogP contribution in [0.3, 0.4) is 0 Å². The first kappa shape index (κ1) is 12.2. The van der Waals surface area contributed by atoms with E-state index in [2.05, 4.69) is 22.2 Å². The van der Waals surface area contributed by atoms with Crippen molar-refractivity contribution in [3.8, 4) is 0 Å². The Hall–Kier alpha value is -1.23. The maximum atomic E-state index is 12.7. The molecular formula is C12H19FN4. The second-order valence-electron chi connectivity index (χ2n) is 5.02. The minimum atomic E-state index is -0.422. The summed E-state index contributed by atoms with van der Waals surface area (Å²) in [5, 5.41) is 3.28. The van der Waals surface area contributed by atoms with Crippen LogP contribution in [0.15, 0.2) is 12.4 Å². The van der Waals surface area contributed by atoms with Gasteiger partial charge < -0.3 is 11.1 Å². The third kappa shape index (κ3) is 2.91. The first-order valence-electron chi connectivity index (χ1n) is 6.09. The molecule has 0 saturated heterocycles. The van der Waals surface area contributed by atoms with Crippen LogP contribution < -0.4 is 11.1 Å². The van der Waals surface area contributed by atoms with E-state index in [-0.39, 0.29) is 5.54 Å². The summed E-state index contributed by atoms with van der Waals surface area (Å²) in [7, 11) is 0. The third-order valence-corrected chi connectivity index (χ3v) is 3.62. The van der Waals surface area contributed by atoms with Gasteiger partial charge in [0.1, 0.15) is 0 Å². The van der Waals surface area contributed by atoms with Crippen molar-refractivity contribution in [1.29, 1.82) is 0 Å². The van der Waals surface area contributed by atoms with E-state index >= 15 is 0 Å². The highest BCUT2D eigenvalue weighted by atomic mass is 19.1. The van der Waals surface area contributed by atoms with Crippen molar-refractivity contribution >= 4 is 5.95 Å². The van der Waals surface area contributed by atoms with Crippen LogP contribution in [0, 0.1) is 11.7 Å². The van der Waals surface area contributed by atoms with E-state index in [0.29, 0.717) is 12.5 Å². The van der Waals surface area contributed by atoms with Crippen molar-refractivity contribution in [3.63, 3.8) is 0 Å². The zero-order valence-electron chi connectivity index (χ0n) is 10.1. The lowest BCUT2D eigenvalue weighted by Crippen LogP contribution is -2.48. The molecule has 3 N–H and O–H groups in total. The molecule has 1 heterocycles. The standard InChI is InChI=1S/C12H19FN4/c1-9-2-4-12(8-14,5-3-9)17-11-15-6-10(13)7-16-11/h6-7,9H,2-5,8,14H2,1H3,(H,15,16,17). The highest BCUT2D eigenvalue weighted by molar-refractivity contribution is 5.29. The predicted octanol–water partition coefficient (Wildman–Crippen LogP) is 1.94. The van der Waals surface area contributed by atoms with Crippen molar-refractivity contribution in [1.82, 2.24) is 9.97 Å². The van der Waals surface area contributed by atoms with E-state index in [4.69, 9.17) is 5.73 Å². The van der Waals surface area contributed by atoms with Crippen molar-refractivity contribution < 1.29 is 4.39 Å². The Morgan fingerprint density at radius 2 is 2.00 bits per heavy atom. The molecule has 0 amide bonds. The van der Waals surface area contributed by atoms with Gasteiger partial charge in [-0.2, -0.15) is 0 Å². The Morgan fingerprint density at radius 1 is 1.41 bits per heavy atom. The zero-order chi connectivity index (χ0) is 12.3. The summed E-state index contributed by atoms with van der Waals surface area (Å²) < 4.78 is 12.7. The Labute approximate surface area is 101 Å². The molecule has 1 saturated carbocycles. The summed E-state index contributed by atoms with van der Waals surface area (Å²) in [5.74, 6) is 0.798. The van der Waals surface area contributed by atoms with Crippen LogP contribution in [0.4, 0.5) is 10.3 Å². The molecule has 17 heavy (non-hydrogen) atoms. The molecule has 0 atom stereocenters. The summed E-state index contributed by atoms with van der Waals surface area (Å²) in [6, 6.07) is 0. The average Bonchev–Trinajstić information content (AvgIpc) is 2.35. The Morgan fingerprint density at radius 3 is 2.53 bits per heavy atom. The van der Waals surface area contributed by atoms with Crippen LogP contribution in [-0.2, 0) is 0 Å². The number of aromatic nitrogens is 2. The minimum Gasteiger partial charge on any atom is -0.348 e. The third-order valence-electron chi connectivity index (χ3n) is 3.62. The van der Waals surface area contributed by atoms with Crippen LogP contribution >= 0.6 is 0 Å². The van der Waals surface area contributed by atoms with Gasteiger partial charge in [0, 0.05) is 6.54 Å². The normalized spacial score (nSPS) is 29.0. The summed E-state index contributed by atoms with van der Waals surface area (Å²) in [6.45, 7) is 2.81. The van der Waals surface area contributed by atoms with E-state index in [1.165, 1.54) is 12.4 Å². The first-order chi connectivity index (χ1) is 8.13. The topological polar surface area (TPSA) is 63.8 Å². The smallest absolute Gasteiger partial charge is 0.223 e. The fraction of sp³-hybridized carbons (Fsp3) is 0.667. The molecule has 94 valence electrons. The second-order valence-corrected chi connectivity index (χ2v) is 5.02. The summed E-state index contributed by atoms with van der Waals surface area (Å²) in [5.41, 5.74) is 5.75. The molecule has 0 aromatic carbocycles.